The molecule has 2 aromatic rings. The zero-order valence-electron chi connectivity index (χ0n) is 25.6. The lowest BCUT2D eigenvalue weighted by Gasteiger charge is -2.50. The van der Waals surface area contributed by atoms with Crippen LogP contribution in [0.15, 0.2) is 60.7 Å². The van der Waals surface area contributed by atoms with E-state index in [0.29, 0.717) is 30.4 Å². The molecule has 3 aliphatic carbocycles. The zero-order chi connectivity index (χ0) is 31.4. The standard InChI is InChI=1S/C35H43NO8/c1-35-15-14-26(42-2)20-25(35)16-23-17-27(18-24(19-28(35)37)29(23)33(40)43-3)44-34(41)31(38)30(21-10-6-4-7-11-21)36-32(39)22-12-8-5-9-13-22/h4-13,23-27,29-31,38H,14-20H2,1-3H3,(H,36,39)/t23-,24-,25-,26-,27+,29+,30+,31-,35-/m1/s1. The number of Topliss-reactive ketones (excluding diaryl/α,β-unsaturated/α-hetero) is 1. The highest BCUT2D eigenvalue weighted by Gasteiger charge is 2.54. The second-order valence-electron chi connectivity index (χ2n) is 12.9. The molecular formula is C35H43NO8. The largest absolute Gasteiger partial charge is 0.469 e. The molecule has 3 aliphatic rings. The third-order valence-corrected chi connectivity index (χ3v) is 10.4. The van der Waals surface area contributed by atoms with E-state index in [-0.39, 0.29) is 42.0 Å². The summed E-state index contributed by atoms with van der Waals surface area (Å²) in [5, 5.41) is 14.1. The first-order valence-electron chi connectivity index (χ1n) is 15.6. The van der Waals surface area contributed by atoms with E-state index < -0.39 is 41.5 Å². The van der Waals surface area contributed by atoms with Crippen LogP contribution in [-0.2, 0) is 28.6 Å². The molecule has 236 valence electrons. The van der Waals surface area contributed by atoms with Crippen LogP contribution < -0.4 is 5.32 Å². The van der Waals surface area contributed by atoms with Crippen molar-refractivity contribution in [2.45, 2.75) is 76.2 Å². The lowest BCUT2D eigenvalue weighted by molar-refractivity contribution is -0.171. The summed E-state index contributed by atoms with van der Waals surface area (Å²) < 4.78 is 16.8. The normalized spacial score (nSPS) is 31.3. The van der Waals surface area contributed by atoms with Crippen molar-refractivity contribution in [2.24, 2.45) is 29.1 Å². The highest BCUT2D eigenvalue weighted by molar-refractivity contribution is 5.95. The topological polar surface area (TPSA) is 128 Å². The molecule has 0 unspecified atom stereocenters. The van der Waals surface area contributed by atoms with Crippen molar-refractivity contribution in [1.82, 2.24) is 5.32 Å². The zero-order valence-corrected chi connectivity index (χ0v) is 25.6. The predicted molar refractivity (Wildman–Crippen MR) is 161 cm³/mol. The van der Waals surface area contributed by atoms with E-state index in [4.69, 9.17) is 14.2 Å². The Morgan fingerprint density at radius 3 is 2.23 bits per heavy atom. The van der Waals surface area contributed by atoms with Crippen LogP contribution in [0.25, 0.3) is 0 Å². The second-order valence-corrected chi connectivity index (χ2v) is 12.9. The Bertz CT molecular complexity index is 1330. The highest BCUT2D eigenvalue weighted by Crippen LogP contribution is 2.53. The Hall–Kier alpha value is -3.56. The number of carbonyl (C=O) groups is 4. The molecule has 0 heterocycles. The van der Waals surface area contributed by atoms with Gasteiger partial charge in [-0.1, -0.05) is 55.5 Å². The highest BCUT2D eigenvalue weighted by atomic mass is 16.6. The number of hydrogen-bond donors (Lipinski definition) is 2. The molecule has 0 aromatic heterocycles. The molecule has 0 radical (unpaired) electrons. The molecule has 2 aromatic carbocycles. The summed E-state index contributed by atoms with van der Waals surface area (Å²) in [6, 6.07) is 16.3. The maximum Gasteiger partial charge on any atom is 0.337 e. The van der Waals surface area contributed by atoms with Gasteiger partial charge in [-0.3, -0.25) is 14.4 Å². The van der Waals surface area contributed by atoms with Crippen LogP contribution in [0.5, 0.6) is 0 Å². The summed E-state index contributed by atoms with van der Waals surface area (Å²) in [5.74, 6) is -2.45. The minimum Gasteiger partial charge on any atom is -0.469 e. The number of methoxy groups -OCH3 is 2. The van der Waals surface area contributed by atoms with E-state index in [1.54, 1.807) is 61.7 Å². The fourth-order valence-electron chi connectivity index (χ4n) is 7.84. The second kappa shape index (κ2) is 13.6. The lowest BCUT2D eigenvalue weighted by atomic mass is 9.54. The first kappa shape index (κ1) is 31.9. The molecule has 9 nitrogen and oxygen atoms in total. The molecule has 5 rings (SSSR count). The number of aliphatic hydroxyl groups is 1. The number of aliphatic hydroxyl groups excluding tert-OH is 1. The van der Waals surface area contributed by atoms with E-state index >= 15 is 0 Å². The van der Waals surface area contributed by atoms with Crippen LogP contribution in [-0.4, -0.2) is 61.3 Å². The molecule has 9 heteroatoms. The van der Waals surface area contributed by atoms with E-state index in [1.807, 2.05) is 6.07 Å². The fraction of sp³-hybridized carbons (Fsp3) is 0.543. The number of ether oxygens (including phenoxy) is 3. The van der Waals surface area contributed by atoms with Crippen LogP contribution in [0.3, 0.4) is 0 Å². The minimum absolute atomic E-state index is 0.0301. The molecule has 3 fully saturated rings. The predicted octanol–water partition coefficient (Wildman–Crippen LogP) is 4.43. The van der Waals surface area contributed by atoms with Gasteiger partial charge >= 0.3 is 11.9 Å². The first-order valence-corrected chi connectivity index (χ1v) is 15.6. The van der Waals surface area contributed by atoms with E-state index in [0.717, 1.165) is 19.3 Å². The number of ketones is 1. The average molecular weight is 606 g/mol. The van der Waals surface area contributed by atoms with Gasteiger partial charge in [0.25, 0.3) is 5.91 Å². The van der Waals surface area contributed by atoms with Crippen molar-refractivity contribution in [3.8, 4) is 0 Å². The van der Waals surface area contributed by atoms with Gasteiger partial charge in [0, 0.05) is 24.5 Å². The number of amides is 1. The van der Waals surface area contributed by atoms with E-state index in [1.165, 1.54) is 7.11 Å². The van der Waals surface area contributed by atoms with Crippen LogP contribution in [0, 0.1) is 29.1 Å². The average Bonchev–Trinajstić information content (AvgIpc) is 3.04. The Morgan fingerprint density at radius 2 is 1.57 bits per heavy atom. The molecule has 0 spiro atoms. The van der Waals surface area contributed by atoms with Crippen molar-refractivity contribution in [3.63, 3.8) is 0 Å². The maximum atomic E-state index is 13.8. The van der Waals surface area contributed by atoms with Crippen molar-refractivity contribution in [1.29, 1.82) is 0 Å². The summed E-state index contributed by atoms with van der Waals surface area (Å²) in [6.45, 7) is 2.06. The Balaban J connectivity index is 1.36. The van der Waals surface area contributed by atoms with Gasteiger partial charge in [0.05, 0.1) is 25.2 Å². The van der Waals surface area contributed by atoms with E-state index in [2.05, 4.69) is 12.2 Å². The van der Waals surface area contributed by atoms with Crippen LogP contribution >= 0.6 is 0 Å². The number of fused-ring (bicyclic) bond motifs is 3. The van der Waals surface area contributed by atoms with Gasteiger partial charge in [-0.25, -0.2) is 4.79 Å². The van der Waals surface area contributed by atoms with Crippen LogP contribution in [0.1, 0.15) is 73.8 Å². The third kappa shape index (κ3) is 6.59. The monoisotopic (exact) mass is 605 g/mol. The van der Waals surface area contributed by atoms with Crippen molar-refractivity contribution in [3.05, 3.63) is 71.8 Å². The smallest absolute Gasteiger partial charge is 0.337 e. The Kier molecular flexibility index (Phi) is 9.85. The number of benzene rings is 2. The molecule has 0 aliphatic heterocycles. The molecule has 44 heavy (non-hydrogen) atoms. The molecular weight excluding hydrogens is 562 g/mol. The van der Waals surface area contributed by atoms with Gasteiger partial charge in [0.1, 0.15) is 11.9 Å². The van der Waals surface area contributed by atoms with Gasteiger partial charge in [-0.15, -0.1) is 0 Å². The molecule has 1 amide bonds. The number of esters is 2. The molecule has 3 saturated carbocycles. The number of carbonyl (C=O) groups excluding carboxylic acids is 4. The van der Waals surface area contributed by atoms with Gasteiger partial charge in [0.2, 0.25) is 0 Å². The van der Waals surface area contributed by atoms with Gasteiger partial charge in [-0.05, 0) is 74.0 Å². The molecule has 0 saturated heterocycles. The molecule has 2 N–H and O–H groups in total. The van der Waals surface area contributed by atoms with Crippen molar-refractivity contribution >= 4 is 23.6 Å². The van der Waals surface area contributed by atoms with Crippen molar-refractivity contribution in [2.75, 3.05) is 14.2 Å². The van der Waals surface area contributed by atoms with E-state index in [9.17, 15) is 24.3 Å². The fourth-order valence-corrected chi connectivity index (χ4v) is 7.84. The van der Waals surface area contributed by atoms with Gasteiger partial charge < -0.3 is 24.6 Å². The first-order chi connectivity index (χ1) is 21.1. The minimum atomic E-state index is -1.68. The summed E-state index contributed by atoms with van der Waals surface area (Å²) in [5.41, 5.74) is 0.465. The maximum absolute atomic E-state index is 13.8. The SMILES string of the molecule is COC(=O)[C@@H]1[C@H]2CC(=O)[C@]3(C)CC[C@@H](OC)C[C@H]3C[C@@H]1C[C@H](OC(=O)[C@H](O)[C@@H](NC(=O)c1ccccc1)c1ccccc1)C2. The third-order valence-electron chi connectivity index (χ3n) is 10.4. The van der Waals surface area contributed by atoms with Crippen LogP contribution in [0.2, 0.25) is 0 Å². The molecule has 2 bridgehead atoms. The number of rotatable bonds is 8. The summed E-state index contributed by atoms with van der Waals surface area (Å²) in [6.07, 6.45) is 1.63. The number of hydrogen-bond acceptors (Lipinski definition) is 8. The number of nitrogens with one attached hydrogen (secondary N) is 1. The quantitative estimate of drug-likeness (QED) is 0.423. The summed E-state index contributed by atoms with van der Waals surface area (Å²) >= 11 is 0. The Morgan fingerprint density at radius 1 is 0.909 bits per heavy atom. The van der Waals surface area contributed by atoms with Crippen molar-refractivity contribution < 1.29 is 38.5 Å². The van der Waals surface area contributed by atoms with Gasteiger partial charge in [-0.2, -0.15) is 0 Å². The van der Waals surface area contributed by atoms with Gasteiger partial charge in [0.15, 0.2) is 6.10 Å². The lowest BCUT2D eigenvalue weighted by Crippen LogP contribution is -2.52. The summed E-state index contributed by atoms with van der Waals surface area (Å²) in [4.78, 5) is 53.4. The Labute approximate surface area is 258 Å². The van der Waals surface area contributed by atoms with Crippen LogP contribution in [0.4, 0.5) is 0 Å². The molecule has 9 atom stereocenters. The summed E-state index contributed by atoms with van der Waals surface area (Å²) in [7, 11) is 3.06.